The smallest absolute Gasteiger partial charge is 0.0839 e. The molecule has 13 heavy (non-hydrogen) atoms. The second-order valence-corrected chi connectivity index (χ2v) is 3.14. The molecule has 68 valence electrons. The molecule has 0 aliphatic carbocycles. The number of hydrogen-bond acceptors (Lipinski definition) is 1. The van der Waals surface area contributed by atoms with Crippen LogP contribution in [0.4, 0.5) is 5.69 Å². The molecule has 1 nitrogen and oxygen atoms in total. The highest BCUT2D eigenvalue weighted by Crippen LogP contribution is 2.11. The standard InChI is InChI=1S/C11H12ClN/c1-13(2)11-7-5-10(6-8-11)4-3-9-12/h5-8H,9H2,1-2H3. The number of anilines is 1. The summed E-state index contributed by atoms with van der Waals surface area (Å²) in [6, 6.07) is 8.07. The third-order valence-corrected chi connectivity index (χ3v) is 1.82. The molecule has 0 unspecified atom stereocenters. The molecule has 0 aliphatic rings. The van der Waals surface area contributed by atoms with Crippen molar-refractivity contribution in [1.82, 2.24) is 0 Å². The Bertz CT molecular complexity index is 316. The summed E-state index contributed by atoms with van der Waals surface area (Å²) in [5.41, 5.74) is 2.18. The summed E-state index contributed by atoms with van der Waals surface area (Å²) in [6.07, 6.45) is 0. The lowest BCUT2D eigenvalue weighted by Gasteiger charge is -2.11. The second kappa shape index (κ2) is 4.79. The molecule has 0 heterocycles. The van der Waals surface area contributed by atoms with E-state index in [9.17, 15) is 0 Å². The fourth-order valence-electron chi connectivity index (χ4n) is 0.978. The van der Waals surface area contributed by atoms with E-state index in [0.717, 1.165) is 5.56 Å². The minimum Gasteiger partial charge on any atom is -0.378 e. The molecule has 1 aromatic rings. The number of hydrogen-bond donors (Lipinski definition) is 0. The van der Waals surface area contributed by atoms with Crippen molar-refractivity contribution in [3.8, 4) is 11.8 Å². The van der Waals surface area contributed by atoms with Gasteiger partial charge in [0, 0.05) is 25.3 Å². The Kier molecular flexibility index (Phi) is 3.67. The first-order valence-electron chi connectivity index (χ1n) is 4.06. The van der Waals surface area contributed by atoms with Crippen LogP contribution in [0.1, 0.15) is 5.56 Å². The molecule has 0 saturated heterocycles. The van der Waals surface area contributed by atoms with Gasteiger partial charge in [0.1, 0.15) is 0 Å². The summed E-state index contributed by atoms with van der Waals surface area (Å²) in [4.78, 5) is 2.05. The van der Waals surface area contributed by atoms with Gasteiger partial charge in [0.05, 0.1) is 5.88 Å². The van der Waals surface area contributed by atoms with Crippen LogP contribution in [0.3, 0.4) is 0 Å². The fourth-order valence-corrected chi connectivity index (χ4v) is 1.05. The summed E-state index contributed by atoms with van der Waals surface area (Å²) in [5.74, 6) is 6.16. The highest BCUT2D eigenvalue weighted by molar-refractivity contribution is 6.19. The molecule has 0 atom stereocenters. The maximum atomic E-state index is 5.45. The molecule has 0 radical (unpaired) electrons. The van der Waals surface area contributed by atoms with Crippen molar-refractivity contribution in [3.63, 3.8) is 0 Å². The van der Waals surface area contributed by atoms with Crippen LogP contribution in [0.15, 0.2) is 24.3 Å². The number of nitrogens with zero attached hydrogens (tertiary/aromatic N) is 1. The number of alkyl halides is 1. The van der Waals surface area contributed by atoms with Crippen molar-refractivity contribution >= 4 is 17.3 Å². The van der Waals surface area contributed by atoms with Crippen LogP contribution in [0, 0.1) is 11.8 Å². The average Bonchev–Trinajstić information content (AvgIpc) is 2.15. The van der Waals surface area contributed by atoms with Gasteiger partial charge in [-0.05, 0) is 24.3 Å². The molecular weight excluding hydrogens is 182 g/mol. The van der Waals surface area contributed by atoms with Gasteiger partial charge in [0.25, 0.3) is 0 Å². The van der Waals surface area contributed by atoms with Crippen LogP contribution in [-0.2, 0) is 0 Å². The zero-order valence-corrected chi connectivity index (χ0v) is 8.60. The van der Waals surface area contributed by atoms with E-state index in [2.05, 4.69) is 16.7 Å². The molecule has 0 aromatic heterocycles. The molecule has 1 aromatic carbocycles. The molecule has 0 bridgehead atoms. The molecule has 1 rings (SSSR count). The minimum absolute atomic E-state index is 0.384. The first-order chi connectivity index (χ1) is 6.24. The van der Waals surface area contributed by atoms with Crippen LogP contribution >= 0.6 is 11.6 Å². The van der Waals surface area contributed by atoms with Crippen LogP contribution in [0.5, 0.6) is 0 Å². The van der Waals surface area contributed by atoms with Crippen molar-refractivity contribution < 1.29 is 0 Å². The normalized spacial score (nSPS) is 8.85. The van der Waals surface area contributed by atoms with Gasteiger partial charge in [-0.15, -0.1) is 11.6 Å². The zero-order chi connectivity index (χ0) is 9.68. The average molecular weight is 194 g/mol. The second-order valence-electron chi connectivity index (χ2n) is 2.88. The van der Waals surface area contributed by atoms with Gasteiger partial charge in [0.15, 0.2) is 0 Å². The van der Waals surface area contributed by atoms with Crippen molar-refractivity contribution in [2.45, 2.75) is 0 Å². The molecule has 0 fully saturated rings. The van der Waals surface area contributed by atoms with Crippen LogP contribution in [-0.4, -0.2) is 20.0 Å². The summed E-state index contributed by atoms with van der Waals surface area (Å²) in [5, 5.41) is 0. The van der Waals surface area contributed by atoms with Gasteiger partial charge in [-0.3, -0.25) is 0 Å². The molecule has 0 saturated carbocycles. The van der Waals surface area contributed by atoms with Crippen molar-refractivity contribution in [2.24, 2.45) is 0 Å². The zero-order valence-electron chi connectivity index (χ0n) is 7.84. The summed E-state index contributed by atoms with van der Waals surface area (Å²) in [6.45, 7) is 0. The van der Waals surface area contributed by atoms with Crippen molar-refractivity contribution in [2.75, 3.05) is 24.9 Å². The van der Waals surface area contributed by atoms with Gasteiger partial charge in [-0.2, -0.15) is 0 Å². The first kappa shape index (κ1) is 9.95. The van der Waals surface area contributed by atoms with Crippen molar-refractivity contribution in [3.05, 3.63) is 29.8 Å². The predicted molar refractivity (Wildman–Crippen MR) is 58.4 cm³/mol. The van der Waals surface area contributed by atoms with E-state index >= 15 is 0 Å². The van der Waals surface area contributed by atoms with Gasteiger partial charge in [-0.25, -0.2) is 0 Å². The summed E-state index contributed by atoms with van der Waals surface area (Å²) < 4.78 is 0. The Labute approximate surface area is 84.3 Å². The Morgan fingerprint density at radius 3 is 2.31 bits per heavy atom. The Balaban J connectivity index is 2.81. The van der Waals surface area contributed by atoms with Gasteiger partial charge < -0.3 is 4.90 Å². The maximum Gasteiger partial charge on any atom is 0.0839 e. The molecule has 2 heteroatoms. The Morgan fingerprint density at radius 2 is 1.85 bits per heavy atom. The van der Waals surface area contributed by atoms with E-state index in [4.69, 9.17) is 11.6 Å². The molecule has 0 spiro atoms. The van der Waals surface area contributed by atoms with E-state index in [1.165, 1.54) is 5.69 Å². The van der Waals surface area contributed by atoms with Gasteiger partial charge in [-0.1, -0.05) is 11.8 Å². The third-order valence-electron chi connectivity index (χ3n) is 1.68. The molecule has 0 amide bonds. The highest BCUT2D eigenvalue weighted by atomic mass is 35.5. The number of benzene rings is 1. The van der Waals surface area contributed by atoms with E-state index in [0.29, 0.717) is 5.88 Å². The van der Waals surface area contributed by atoms with E-state index in [-0.39, 0.29) is 0 Å². The van der Waals surface area contributed by atoms with Gasteiger partial charge >= 0.3 is 0 Å². The lowest BCUT2D eigenvalue weighted by atomic mass is 10.2. The van der Waals surface area contributed by atoms with Crippen molar-refractivity contribution in [1.29, 1.82) is 0 Å². The molecule has 0 aliphatic heterocycles. The highest BCUT2D eigenvalue weighted by Gasteiger charge is 1.92. The Hall–Kier alpha value is -1.13. The Morgan fingerprint density at radius 1 is 1.23 bits per heavy atom. The van der Waals surface area contributed by atoms with E-state index in [1.54, 1.807) is 0 Å². The van der Waals surface area contributed by atoms with Crippen LogP contribution in [0.2, 0.25) is 0 Å². The summed E-state index contributed by atoms with van der Waals surface area (Å²) >= 11 is 5.45. The molecular formula is C11H12ClN. The van der Waals surface area contributed by atoms with Gasteiger partial charge in [0.2, 0.25) is 0 Å². The fraction of sp³-hybridized carbons (Fsp3) is 0.273. The third kappa shape index (κ3) is 3.01. The summed E-state index contributed by atoms with van der Waals surface area (Å²) in [7, 11) is 4.03. The quantitative estimate of drug-likeness (QED) is 0.489. The number of rotatable bonds is 1. The lowest BCUT2D eigenvalue weighted by Crippen LogP contribution is -2.07. The topological polar surface area (TPSA) is 3.24 Å². The van der Waals surface area contributed by atoms with Crippen LogP contribution < -0.4 is 4.90 Å². The van der Waals surface area contributed by atoms with E-state index < -0.39 is 0 Å². The SMILES string of the molecule is CN(C)c1ccc(C#CCCl)cc1. The maximum absolute atomic E-state index is 5.45. The van der Waals surface area contributed by atoms with E-state index in [1.807, 2.05) is 38.4 Å². The lowest BCUT2D eigenvalue weighted by molar-refractivity contribution is 1.13. The first-order valence-corrected chi connectivity index (χ1v) is 4.59. The monoisotopic (exact) mass is 193 g/mol. The largest absolute Gasteiger partial charge is 0.378 e. The number of halogens is 1. The van der Waals surface area contributed by atoms with Crippen LogP contribution in [0.25, 0.3) is 0 Å². The predicted octanol–water partition coefficient (Wildman–Crippen LogP) is 2.34. The molecule has 0 N–H and O–H groups in total. The minimum atomic E-state index is 0.384.